The molecule has 1 unspecified atom stereocenters. The first kappa shape index (κ1) is 15.9. The summed E-state index contributed by atoms with van der Waals surface area (Å²) < 4.78 is 28.0. The molecule has 1 N–H and O–H groups in total. The van der Waals surface area contributed by atoms with Gasteiger partial charge in [0.1, 0.15) is 0 Å². The van der Waals surface area contributed by atoms with E-state index in [1.807, 2.05) is 6.92 Å². The molecule has 98 valence electrons. The van der Waals surface area contributed by atoms with Crippen LogP contribution in [-0.4, -0.2) is 45.7 Å². The Morgan fingerprint density at radius 1 is 1.25 bits per heavy atom. The van der Waals surface area contributed by atoms with E-state index in [0.29, 0.717) is 0 Å². The van der Waals surface area contributed by atoms with Crippen molar-refractivity contribution < 1.29 is 13.2 Å². The molecule has 0 fully saturated rings. The molecule has 0 saturated carbocycles. The van der Waals surface area contributed by atoms with Crippen LogP contribution >= 0.6 is 0 Å². The molecule has 0 radical (unpaired) electrons. The molecule has 4 nitrogen and oxygen atoms in total. The van der Waals surface area contributed by atoms with Crippen LogP contribution in [0.2, 0.25) is 0 Å². The first-order valence-corrected chi connectivity index (χ1v) is 7.85. The highest BCUT2D eigenvalue weighted by atomic mass is 32.2. The van der Waals surface area contributed by atoms with E-state index in [9.17, 15) is 8.42 Å². The van der Waals surface area contributed by atoms with Gasteiger partial charge >= 0.3 is 0 Å². The number of ether oxygens (including phenoxy) is 1. The molecule has 0 aliphatic rings. The molecule has 0 spiro atoms. The number of hydrogen-bond donors (Lipinski definition) is 1. The van der Waals surface area contributed by atoms with Crippen LogP contribution in [0.5, 0.6) is 0 Å². The SMILES string of the molecule is CCCOCCCNC(C)CS(=O)(=O)CC. The van der Waals surface area contributed by atoms with Gasteiger partial charge in [0, 0.05) is 25.0 Å². The lowest BCUT2D eigenvalue weighted by molar-refractivity contribution is 0.132. The minimum absolute atomic E-state index is 0.0242. The molecule has 0 rings (SSSR count). The number of rotatable bonds is 10. The van der Waals surface area contributed by atoms with Crippen LogP contribution in [0.25, 0.3) is 0 Å². The summed E-state index contributed by atoms with van der Waals surface area (Å²) in [6.07, 6.45) is 1.97. The summed E-state index contributed by atoms with van der Waals surface area (Å²) in [5.41, 5.74) is 0. The van der Waals surface area contributed by atoms with Crippen molar-refractivity contribution in [3.05, 3.63) is 0 Å². The van der Waals surface area contributed by atoms with Gasteiger partial charge in [-0.1, -0.05) is 13.8 Å². The van der Waals surface area contributed by atoms with Crippen LogP contribution in [0.1, 0.15) is 33.6 Å². The van der Waals surface area contributed by atoms with Crippen LogP contribution in [0.4, 0.5) is 0 Å². The third-order valence-corrected chi connectivity index (χ3v) is 4.14. The number of nitrogens with one attached hydrogen (secondary N) is 1. The van der Waals surface area contributed by atoms with Gasteiger partial charge in [0.15, 0.2) is 9.84 Å². The highest BCUT2D eigenvalue weighted by Crippen LogP contribution is 1.94. The van der Waals surface area contributed by atoms with Crippen molar-refractivity contribution in [1.82, 2.24) is 5.32 Å². The monoisotopic (exact) mass is 251 g/mol. The Labute approximate surface area is 99.7 Å². The van der Waals surface area contributed by atoms with E-state index in [-0.39, 0.29) is 17.5 Å². The molecule has 16 heavy (non-hydrogen) atoms. The lowest BCUT2D eigenvalue weighted by atomic mass is 10.3. The molecule has 0 aromatic carbocycles. The van der Waals surface area contributed by atoms with Crippen LogP contribution in [0, 0.1) is 0 Å². The van der Waals surface area contributed by atoms with E-state index in [0.717, 1.165) is 32.6 Å². The fourth-order valence-corrected chi connectivity index (χ4v) is 2.44. The fraction of sp³-hybridized carbons (Fsp3) is 1.00. The van der Waals surface area contributed by atoms with Gasteiger partial charge in [-0.3, -0.25) is 0 Å². The Kier molecular flexibility index (Phi) is 8.89. The van der Waals surface area contributed by atoms with Crippen LogP contribution < -0.4 is 5.32 Å². The van der Waals surface area contributed by atoms with E-state index >= 15 is 0 Å². The molecule has 5 heteroatoms. The number of hydrogen-bond acceptors (Lipinski definition) is 4. The Morgan fingerprint density at radius 2 is 1.94 bits per heavy atom. The van der Waals surface area contributed by atoms with Crippen molar-refractivity contribution in [3.8, 4) is 0 Å². The van der Waals surface area contributed by atoms with E-state index in [1.54, 1.807) is 6.92 Å². The van der Waals surface area contributed by atoms with Gasteiger partial charge in [-0.15, -0.1) is 0 Å². The molecular formula is C11H25NO3S. The van der Waals surface area contributed by atoms with Gasteiger partial charge in [-0.05, 0) is 26.3 Å². The molecule has 0 heterocycles. The molecule has 1 atom stereocenters. The van der Waals surface area contributed by atoms with Gasteiger partial charge in [-0.2, -0.15) is 0 Å². The first-order chi connectivity index (χ1) is 7.52. The fourth-order valence-electron chi connectivity index (χ4n) is 1.33. The van der Waals surface area contributed by atoms with E-state index in [1.165, 1.54) is 0 Å². The maximum Gasteiger partial charge on any atom is 0.151 e. The van der Waals surface area contributed by atoms with Gasteiger partial charge in [0.2, 0.25) is 0 Å². The Balaban J connectivity index is 3.48. The second-order valence-corrected chi connectivity index (χ2v) is 6.42. The zero-order valence-corrected chi connectivity index (χ0v) is 11.5. The number of sulfone groups is 1. The standard InChI is InChI=1S/C11H25NO3S/c1-4-8-15-9-6-7-12-11(3)10-16(13,14)5-2/h11-12H,4-10H2,1-3H3. The lowest BCUT2D eigenvalue weighted by Gasteiger charge is -2.13. The molecule has 0 bridgehead atoms. The predicted molar refractivity (Wildman–Crippen MR) is 67.5 cm³/mol. The molecule has 0 aromatic heterocycles. The zero-order chi connectivity index (χ0) is 12.4. The molecule has 0 aliphatic carbocycles. The Hall–Kier alpha value is -0.130. The average Bonchev–Trinajstić information content (AvgIpc) is 2.22. The van der Waals surface area contributed by atoms with Crippen molar-refractivity contribution in [2.24, 2.45) is 0 Å². The third kappa shape index (κ3) is 9.12. The van der Waals surface area contributed by atoms with Crippen LogP contribution in [-0.2, 0) is 14.6 Å². The Morgan fingerprint density at radius 3 is 2.50 bits per heavy atom. The van der Waals surface area contributed by atoms with Gasteiger partial charge in [0.05, 0.1) is 5.75 Å². The minimum Gasteiger partial charge on any atom is -0.381 e. The van der Waals surface area contributed by atoms with Crippen molar-refractivity contribution in [1.29, 1.82) is 0 Å². The summed E-state index contributed by atoms with van der Waals surface area (Å²) in [6, 6.07) is 0.0242. The van der Waals surface area contributed by atoms with Crippen LogP contribution in [0.15, 0.2) is 0 Å². The summed E-state index contributed by atoms with van der Waals surface area (Å²) in [6.45, 7) is 8.02. The second-order valence-electron chi connectivity index (χ2n) is 4.02. The Bertz CT molecular complexity index is 252. The second kappa shape index (κ2) is 8.96. The van der Waals surface area contributed by atoms with Gasteiger partial charge < -0.3 is 10.1 Å². The normalized spacial score (nSPS) is 13.9. The van der Waals surface area contributed by atoms with Crippen LogP contribution in [0.3, 0.4) is 0 Å². The largest absolute Gasteiger partial charge is 0.381 e. The summed E-state index contributed by atoms with van der Waals surface area (Å²) >= 11 is 0. The predicted octanol–water partition coefficient (Wildman–Crippen LogP) is 1.22. The summed E-state index contributed by atoms with van der Waals surface area (Å²) in [5, 5.41) is 3.19. The average molecular weight is 251 g/mol. The smallest absolute Gasteiger partial charge is 0.151 e. The van der Waals surface area contributed by atoms with E-state index < -0.39 is 9.84 Å². The first-order valence-electron chi connectivity index (χ1n) is 6.03. The highest BCUT2D eigenvalue weighted by molar-refractivity contribution is 7.91. The lowest BCUT2D eigenvalue weighted by Crippen LogP contribution is -2.34. The molecule has 0 saturated heterocycles. The quantitative estimate of drug-likeness (QED) is 0.593. The maximum absolute atomic E-state index is 11.3. The summed E-state index contributed by atoms with van der Waals surface area (Å²) in [7, 11) is -2.86. The van der Waals surface area contributed by atoms with Gasteiger partial charge in [-0.25, -0.2) is 8.42 Å². The molecule has 0 aliphatic heterocycles. The molecule has 0 aromatic rings. The zero-order valence-electron chi connectivity index (χ0n) is 10.7. The maximum atomic E-state index is 11.3. The van der Waals surface area contributed by atoms with Crippen molar-refractivity contribution in [2.75, 3.05) is 31.3 Å². The molecular weight excluding hydrogens is 226 g/mol. The minimum atomic E-state index is -2.86. The summed E-state index contributed by atoms with van der Waals surface area (Å²) in [5.74, 6) is 0.442. The van der Waals surface area contributed by atoms with Crippen molar-refractivity contribution in [2.45, 2.75) is 39.7 Å². The highest BCUT2D eigenvalue weighted by Gasteiger charge is 2.12. The summed E-state index contributed by atoms with van der Waals surface area (Å²) in [4.78, 5) is 0. The van der Waals surface area contributed by atoms with Gasteiger partial charge in [0.25, 0.3) is 0 Å². The van der Waals surface area contributed by atoms with Crippen molar-refractivity contribution in [3.63, 3.8) is 0 Å². The van der Waals surface area contributed by atoms with E-state index in [2.05, 4.69) is 12.2 Å². The third-order valence-electron chi connectivity index (χ3n) is 2.25. The van der Waals surface area contributed by atoms with Crippen molar-refractivity contribution >= 4 is 9.84 Å². The topological polar surface area (TPSA) is 55.4 Å². The van der Waals surface area contributed by atoms with E-state index in [4.69, 9.17) is 4.74 Å². The molecule has 0 amide bonds.